The van der Waals surface area contributed by atoms with E-state index < -0.39 is 0 Å². The van der Waals surface area contributed by atoms with Gasteiger partial charge < -0.3 is 14.7 Å². The molecule has 0 unspecified atom stereocenters. The van der Waals surface area contributed by atoms with Crippen molar-refractivity contribution in [1.82, 2.24) is 14.7 Å². The Bertz CT molecular complexity index is 360. The van der Waals surface area contributed by atoms with E-state index in [4.69, 9.17) is 0 Å². The van der Waals surface area contributed by atoms with Crippen molar-refractivity contribution in [2.45, 2.75) is 13.8 Å². The van der Waals surface area contributed by atoms with Gasteiger partial charge >= 0.3 is 0 Å². The van der Waals surface area contributed by atoms with Crippen molar-refractivity contribution in [2.75, 3.05) is 61.9 Å². The van der Waals surface area contributed by atoms with Gasteiger partial charge in [-0.15, -0.1) is 0 Å². The van der Waals surface area contributed by atoms with Crippen molar-refractivity contribution in [3.05, 3.63) is 34.9 Å². The number of rotatable bonds is 8. The molecule has 0 spiro atoms. The minimum absolute atomic E-state index is 0.973. The molecule has 116 valence electrons. The zero-order valence-electron chi connectivity index (χ0n) is 14.7. The van der Waals surface area contributed by atoms with E-state index in [1.54, 1.807) is 0 Å². The van der Waals surface area contributed by atoms with Crippen LogP contribution in [0, 0.1) is 0 Å². The lowest BCUT2D eigenvalue weighted by Gasteiger charge is -2.19. The van der Waals surface area contributed by atoms with Crippen molar-refractivity contribution < 1.29 is 0 Å². The Labute approximate surface area is 126 Å². The van der Waals surface area contributed by atoms with Gasteiger partial charge in [-0.25, -0.2) is 0 Å². The monoisotopic (exact) mass is 279 g/mol. The molecule has 0 radical (unpaired) electrons. The zero-order chi connectivity index (χ0) is 15.7. The van der Waals surface area contributed by atoms with E-state index in [-0.39, 0.29) is 0 Å². The number of hydrogen-bond donors (Lipinski definition) is 0. The summed E-state index contributed by atoms with van der Waals surface area (Å²) in [5.41, 5.74) is 4.19. The highest BCUT2D eigenvalue weighted by molar-refractivity contribution is 5.40. The predicted molar refractivity (Wildman–Crippen MR) is 91.3 cm³/mol. The van der Waals surface area contributed by atoms with Crippen molar-refractivity contribution in [1.29, 1.82) is 0 Å². The molecule has 0 fully saturated rings. The molecule has 0 saturated heterocycles. The minimum Gasteiger partial charge on any atom is -0.306 e. The fourth-order valence-electron chi connectivity index (χ4n) is 2.02. The Hall–Kier alpha value is -0.900. The van der Waals surface area contributed by atoms with Crippen LogP contribution in [0.5, 0.6) is 0 Å². The Balaban J connectivity index is 5.22. The zero-order valence-corrected chi connectivity index (χ0v) is 14.7. The summed E-state index contributed by atoms with van der Waals surface area (Å²) in [5, 5.41) is 0. The molecular weight excluding hydrogens is 246 g/mol. The topological polar surface area (TPSA) is 9.72 Å². The summed E-state index contributed by atoms with van der Waals surface area (Å²) in [5.74, 6) is 0. The van der Waals surface area contributed by atoms with E-state index >= 15 is 0 Å². The Kier molecular flexibility index (Phi) is 9.47. The molecule has 0 aromatic heterocycles. The summed E-state index contributed by atoms with van der Waals surface area (Å²) >= 11 is 0. The third kappa shape index (κ3) is 8.31. The summed E-state index contributed by atoms with van der Waals surface area (Å²) in [6, 6.07) is 0. The quantitative estimate of drug-likeness (QED) is 0.632. The molecule has 0 heterocycles. The van der Waals surface area contributed by atoms with E-state index in [9.17, 15) is 0 Å². The lowest BCUT2D eigenvalue weighted by atomic mass is 10.00. The normalized spacial score (nSPS) is 14.8. The summed E-state index contributed by atoms with van der Waals surface area (Å²) < 4.78 is 0. The molecule has 0 N–H and O–H groups in total. The van der Waals surface area contributed by atoms with E-state index in [0.29, 0.717) is 0 Å². The Morgan fingerprint density at radius 3 is 1.80 bits per heavy atom. The first-order valence-electron chi connectivity index (χ1n) is 7.24. The van der Waals surface area contributed by atoms with E-state index in [1.165, 1.54) is 16.7 Å². The minimum atomic E-state index is 0.973. The SMILES string of the molecule is C\C=C(CN(C)C)/C(C)=C(\C=C\CN(C)C)CN(C)C. The molecule has 0 aliphatic rings. The molecule has 0 rings (SSSR count). The molecule has 0 bridgehead atoms. The Morgan fingerprint density at radius 1 is 0.850 bits per heavy atom. The average Bonchev–Trinajstić information content (AvgIpc) is 2.32. The first-order valence-corrected chi connectivity index (χ1v) is 7.24. The second-order valence-corrected chi connectivity index (χ2v) is 6.10. The third-order valence-electron chi connectivity index (χ3n) is 3.07. The van der Waals surface area contributed by atoms with Gasteiger partial charge in [0.1, 0.15) is 0 Å². The van der Waals surface area contributed by atoms with Crippen LogP contribution >= 0.6 is 0 Å². The van der Waals surface area contributed by atoms with Crippen LogP contribution in [0.3, 0.4) is 0 Å². The van der Waals surface area contributed by atoms with Gasteiger partial charge in [0.15, 0.2) is 0 Å². The van der Waals surface area contributed by atoms with Crippen molar-refractivity contribution in [2.24, 2.45) is 0 Å². The van der Waals surface area contributed by atoms with Crippen LogP contribution < -0.4 is 0 Å². The standard InChI is InChI=1S/C17H33N3/c1-9-16(13-19(5)6)15(2)17(14-20(7)8)11-10-12-18(3)4/h9-11H,12-14H2,1-8H3/b11-10+,16-9-,17-15+. The van der Waals surface area contributed by atoms with Crippen LogP contribution in [0.25, 0.3) is 0 Å². The maximum absolute atomic E-state index is 2.27. The van der Waals surface area contributed by atoms with Gasteiger partial charge in [0.05, 0.1) is 0 Å². The van der Waals surface area contributed by atoms with Crippen molar-refractivity contribution in [3.63, 3.8) is 0 Å². The van der Waals surface area contributed by atoms with Crippen LogP contribution in [-0.4, -0.2) is 76.6 Å². The summed E-state index contributed by atoms with van der Waals surface area (Å²) in [6.45, 7) is 7.29. The molecule has 0 amide bonds. The fraction of sp³-hybridized carbons (Fsp3) is 0.647. The predicted octanol–water partition coefficient (Wildman–Crippen LogP) is 2.49. The molecule has 0 aliphatic heterocycles. The highest BCUT2D eigenvalue weighted by Gasteiger charge is 2.07. The third-order valence-corrected chi connectivity index (χ3v) is 3.07. The highest BCUT2D eigenvalue weighted by atomic mass is 15.1. The molecule has 0 aliphatic carbocycles. The molecule has 3 nitrogen and oxygen atoms in total. The number of likely N-dealkylation sites (N-methyl/N-ethyl adjacent to an activating group) is 3. The largest absolute Gasteiger partial charge is 0.306 e. The maximum Gasteiger partial charge on any atom is 0.0230 e. The second kappa shape index (κ2) is 9.92. The number of nitrogens with zero attached hydrogens (tertiary/aromatic N) is 3. The van der Waals surface area contributed by atoms with Crippen molar-refractivity contribution >= 4 is 0 Å². The van der Waals surface area contributed by atoms with Gasteiger partial charge in [0, 0.05) is 19.6 Å². The van der Waals surface area contributed by atoms with Crippen LogP contribution in [-0.2, 0) is 0 Å². The molecular formula is C17H33N3. The molecule has 0 aromatic carbocycles. The number of hydrogen-bond acceptors (Lipinski definition) is 3. The van der Waals surface area contributed by atoms with Crippen LogP contribution in [0.4, 0.5) is 0 Å². The summed E-state index contributed by atoms with van der Waals surface area (Å²) in [4.78, 5) is 6.62. The summed E-state index contributed by atoms with van der Waals surface area (Å²) in [7, 11) is 12.7. The second-order valence-electron chi connectivity index (χ2n) is 6.10. The van der Waals surface area contributed by atoms with Crippen LogP contribution in [0.2, 0.25) is 0 Å². The van der Waals surface area contributed by atoms with Crippen LogP contribution in [0.1, 0.15) is 13.8 Å². The van der Waals surface area contributed by atoms with Crippen LogP contribution in [0.15, 0.2) is 34.9 Å². The maximum atomic E-state index is 2.27. The summed E-state index contributed by atoms with van der Waals surface area (Å²) in [6.07, 6.45) is 6.74. The lowest BCUT2D eigenvalue weighted by Crippen LogP contribution is -2.19. The highest BCUT2D eigenvalue weighted by Crippen LogP contribution is 2.17. The van der Waals surface area contributed by atoms with E-state index in [2.05, 4.69) is 89.1 Å². The first-order chi connectivity index (χ1) is 9.27. The molecule has 20 heavy (non-hydrogen) atoms. The molecule has 0 aromatic rings. The van der Waals surface area contributed by atoms with E-state index in [1.807, 2.05) is 0 Å². The molecule has 3 heteroatoms. The molecule has 0 atom stereocenters. The molecule has 0 saturated carbocycles. The lowest BCUT2D eigenvalue weighted by molar-refractivity contribution is 0.439. The average molecular weight is 279 g/mol. The smallest absolute Gasteiger partial charge is 0.0230 e. The first kappa shape index (κ1) is 19.1. The van der Waals surface area contributed by atoms with Crippen molar-refractivity contribution in [3.8, 4) is 0 Å². The van der Waals surface area contributed by atoms with E-state index in [0.717, 1.165) is 19.6 Å². The van der Waals surface area contributed by atoms with Gasteiger partial charge in [-0.05, 0) is 72.9 Å². The van der Waals surface area contributed by atoms with Gasteiger partial charge in [0.2, 0.25) is 0 Å². The van der Waals surface area contributed by atoms with Gasteiger partial charge in [-0.3, -0.25) is 0 Å². The number of allylic oxidation sites excluding steroid dienone is 1. The van der Waals surface area contributed by atoms with Gasteiger partial charge in [-0.2, -0.15) is 0 Å². The Morgan fingerprint density at radius 2 is 1.40 bits per heavy atom. The fourth-order valence-corrected chi connectivity index (χ4v) is 2.02. The van der Waals surface area contributed by atoms with Gasteiger partial charge in [-0.1, -0.05) is 18.2 Å². The van der Waals surface area contributed by atoms with Gasteiger partial charge in [0.25, 0.3) is 0 Å².